The van der Waals surface area contributed by atoms with Crippen LogP contribution in [0.25, 0.3) is 54.2 Å². The molecule has 2 fully saturated rings. The molecule has 1 spiro atoms. The van der Waals surface area contributed by atoms with Gasteiger partial charge in [-0.25, -0.2) is 0 Å². The van der Waals surface area contributed by atoms with E-state index in [-0.39, 0.29) is 16.8 Å². The molecule has 1 aromatic heterocycles. The van der Waals surface area contributed by atoms with Gasteiger partial charge in [-0.3, -0.25) is 4.79 Å². The van der Waals surface area contributed by atoms with Gasteiger partial charge in [-0.1, -0.05) is 29.9 Å². The lowest BCUT2D eigenvalue weighted by Crippen LogP contribution is -2.31. The van der Waals surface area contributed by atoms with Crippen molar-refractivity contribution in [3.05, 3.63) is 101 Å². The number of hydrogen-bond acceptors (Lipinski definition) is 3. The van der Waals surface area contributed by atoms with Gasteiger partial charge >= 0.3 is 5.97 Å². The zero-order valence-electron chi connectivity index (χ0n) is 29.0. The van der Waals surface area contributed by atoms with E-state index in [1.165, 1.54) is 32.1 Å². The Morgan fingerprint density at radius 2 is 1.83 bits per heavy atom. The average Bonchev–Trinajstić information content (AvgIpc) is 3.93. The highest BCUT2D eigenvalue weighted by molar-refractivity contribution is 7.10. The van der Waals surface area contributed by atoms with Crippen molar-refractivity contribution in [3.8, 4) is 0 Å². The maximum atomic E-state index is 12.7. The van der Waals surface area contributed by atoms with Gasteiger partial charge in [0.15, 0.2) is 0 Å². The van der Waals surface area contributed by atoms with Crippen LogP contribution in [0.2, 0.25) is 0 Å². The lowest BCUT2D eigenvalue weighted by atomic mass is 9.59. The molecule has 2 nitrogen and oxygen atoms in total. The fourth-order valence-corrected chi connectivity index (χ4v) is 19.6. The third-order valence-electron chi connectivity index (χ3n) is 19.0. The van der Waals surface area contributed by atoms with Gasteiger partial charge in [0.05, 0.1) is 7.11 Å². The molecule has 0 bridgehead atoms. The van der Waals surface area contributed by atoms with Crippen LogP contribution < -0.4 is 5.22 Å². The summed E-state index contributed by atoms with van der Waals surface area (Å²) < 4.78 is 5.25. The van der Waals surface area contributed by atoms with E-state index in [0.29, 0.717) is 53.8 Å². The average molecular weight is 687 g/mol. The molecule has 2 saturated carbocycles. The van der Waals surface area contributed by atoms with Crippen molar-refractivity contribution in [2.24, 2.45) is 23.7 Å². The predicted molar refractivity (Wildman–Crippen MR) is 205 cm³/mol. The largest absolute Gasteiger partial charge is 0.469 e. The molecule has 1 heterocycles. The monoisotopic (exact) mass is 686 g/mol. The molecule has 11 unspecified atom stereocenters. The fourth-order valence-electron chi connectivity index (χ4n) is 18.5. The summed E-state index contributed by atoms with van der Waals surface area (Å²) in [4.78, 5) is 14.3. The number of ether oxygens (including phenoxy) is 1. The number of carbonyl (C=O) groups is 1. The van der Waals surface area contributed by atoms with Crippen molar-refractivity contribution in [3.63, 3.8) is 0 Å². The van der Waals surface area contributed by atoms with Gasteiger partial charge in [0.2, 0.25) is 0 Å². The SMILES string of the molecule is COC(=O)CCCC1(c2cccs2)C2C3=CC4CC5Cc6cc7c8c9c6c6c%10c9c9c%11c%12c%13c(c%14c3c(c%10c%14%11)=C4C65)C21CC%13CC1C=C(C7)C8C9C%121. The topological polar surface area (TPSA) is 26.3 Å². The Bertz CT molecular complexity index is 3150. The standard InChI is InChI=1S/C49H34O2S/c1-51-25(50)5-2-6-48(24-4-3-7-52-24)47-23-14-21-12-18-10-19-9-16-8-17-11-20-13-22-15-49(47,48)46-32(22)37-31(20)36-27(17)26(16)34-30(19)35-28(18)29(21)38-33(23)45(46)44-42(37)40(36)39(34)41(35)43(38)44/h3-4,7,9,11,14,18,20-22,27-28,31,36,47H,2,5-6,8,10,12-13,15H2,1H3. The molecule has 0 aliphatic heterocycles. The zero-order chi connectivity index (χ0) is 32.8. The van der Waals surface area contributed by atoms with E-state index < -0.39 is 0 Å². The summed E-state index contributed by atoms with van der Waals surface area (Å²) >= 11 is 2.01. The number of hydrogen-bond donors (Lipinski definition) is 0. The number of allylic oxidation sites excluding steroid dienone is 4. The summed E-state index contributed by atoms with van der Waals surface area (Å²) in [6.45, 7) is 0. The van der Waals surface area contributed by atoms with Crippen molar-refractivity contribution >= 4 is 71.5 Å². The molecule has 12 aliphatic carbocycles. The van der Waals surface area contributed by atoms with Crippen LogP contribution in [0.4, 0.5) is 0 Å². The van der Waals surface area contributed by atoms with Crippen molar-refractivity contribution in [1.82, 2.24) is 0 Å². The number of rotatable bonds is 5. The molecule has 3 heteroatoms. The number of thiophene rings is 1. The number of benzene rings is 3. The minimum Gasteiger partial charge on any atom is -0.469 e. The highest BCUT2D eigenvalue weighted by Crippen LogP contribution is 2.88. The van der Waals surface area contributed by atoms with Crippen LogP contribution in [-0.4, -0.2) is 13.1 Å². The number of methoxy groups -OCH3 is 1. The predicted octanol–water partition coefficient (Wildman–Crippen LogP) is 9.80. The second-order valence-electron chi connectivity index (χ2n) is 19.8. The van der Waals surface area contributed by atoms with E-state index in [0.717, 1.165) is 18.8 Å². The van der Waals surface area contributed by atoms with E-state index in [1.54, 1.807) is 93.7 Å². The molecule has 5 aromatic carbocycles. The summed E-state index contributed by atoms with van der Waals surface area (Å²) in [7, 11) is 1.56. The molecule has 18 rings (SSSR count). The van der Waals surface area contributed by atoms with Gasteiger partial charge in [-0.15, -0.1) is 11.3 Å². The minimum absolute atomic E-state index is 0.0484. The first-order valence-corrected chi connectivity index (χ1v) is 21.5. The Labute approximate surface area is 303 Å². The Balaban J connectivity index is 1.10. The van der Waals surface area contributed by atoms with Crippen molar-refractivity contribution < 1.29 is 9.53 Å². The highest BCUT2D eigenvalue weighted by atomic mass is 32.1. The Kier molecular flexibility index (Phi) is 3.35. The van der Waals surface area contributed by atoms with Crippen molar-refractivity contribution in [2.45, 2.75) is 91.8 Å². The molecule has 52 heavy (non-hydrogen) atoms. The summed E-state index contributed by atoms with van der Waals surface area (Å²) in [5, 5.41) is 18.2. The number of carbonyl (C=O) groups excluding carboxylic acids is 1. The first-order chi connectivity index (χ1) is 25.7. The summed E-state index contributed by atoms with van der Waals surface area (Å²) in [6.07, 6.45) is 14.8. The quantitative estimate of drug-likeness (QED) is 0.133. The van der Waals surface area contributed by atoms with E-state index in [2.05, 4.69) is 35.7 Å². The zero-order valence-corrected chi connectivity index (χ0v) is 29.9. The van der Waals surface area contributed by atoms with Crippen LogP contribution >= 0.6 is 11.3 Å². The van der Waals surface area contributed by atoms with Gasteiger partial charge < -0.3 is 4.74 Å². The number of esters is 1. The Morgan fingerprint density at radius 3 is 2.73 bits per heavy atom. The van der Waals surface area contributed by atoms with Crippen molar-refractivity contribution in [2.75, 3.05) is 7.11 Å². The molecule has 11 atom stereocenters. The molecule has 0 amide bonds. The summed E-state index contributed by atoms with van der Waals surface area (Å²) in [5.41, 5.74) is 21.8. The first-order valence-electron chi connectivity index (χ1n) is 20.6. The first kappa shape index (κ1) is 25.1. The van der Waals surface area contributed by atoms with E-state index in [9.17, 15) is 4.79 Å². The molecular weight excluding hydrogens is 653 g/mol. The highest BCUT2D eigenvalue weighted by Gasteiger charge is 2.83. The van der Waals surface area contributed by atoms with E-state index in [1.807, 2.05) is 44.7 Å². The van der Waals surface area contributed by atoms with Crippen LogP contribution in [0.5, 0.6) is 0 Å². The number of fused-ring (bicyclic) bond motifs is 1. The van der Waals surface area contributed by atoms with Crippen LogP contribution in [0, 0.1) is 23.7 Å². The summed E-state index contributed by atoms with van der Waals surface area (Å²) in [5.74, 6) is 5.62. The second-order valence-corrected chi connectivity index (χ2v) is 20.7. The van der Waals surface area contributed by atoms with Gasteiger partial charge in [0.1, 0.15) is 0 Å². The van der Waals surface area contributed by atoms with Crippen LogP contribution in [0.3, 0.4) is 0 Å². The summed E-state index contributed by atoms with van der Waals surface area (Å²) in [6, 6.07) is 7.59. The molecule has 0 radical (unpaired) electrons. The normalized spacial score (nSPS) is 39.7. The van der Waals surface area contributed by atoms with Gasteiger partial charge in [0.25, 0.3) is 0 Å². The Hall–Kier alpha value is -3.95. The maximum absolute atomic E-state index is 12.7. The van der Waals surface area contributed by atoms with Gasteiger partial charge in [-0.2, -0.15) is 0 Å². The molecule has 6 aromatic rings. The van der Waals surface area contributed by atoms with Gasteiger partial charge in [-0.05, 0) is 190 Å². The van der Waals surface area contributed by atoms with E-state index >= 15 is 0 Å². The third-order valence-corrected chi connectivity index (χ3v) is 20.0. The van der Waals surface area contributed by atoms with E-state index in [4.69, 9.17) is 4.74 Å². The molecule has 12 aliphatic rings. The molecule has 248 valence electrons. The van der Waals surface area contributed by atoms with Crippen LogP contribution in [0.1, 0.15) is 123 Å². The molecule has 0 N–H and O–H groups in total. The second kappa shape index (κ2) is 6.92. The minimum atomic E-state index is -0.0484. The van der Waals surface area contributed by atoms with Crippen LogP contribution in [-0.2, 0) is 33.2 Å². The van der Waals surface area contributed by atoms with Crippen LogP contribution in [0.15, 0.2) is 41.3 Å². The Morgan fingerprint density at radius 1 is 0.904 bits per heavy atom. The third kappa shape index (κ3) is 1.93. The smallest absolute Gasteiger partial charge is 0.305 e. The van der Waals surface area contributed by atoms with Crippen molar-refractivity contribution in [1.29, 1.82) is 0 Å². The lowest BCUT2D eigenvalue weighted by Gasteiger charge is -2.44. The molecule has 0 saturated heterocycles. The maximum Gasteiger partial charge on any atom is 0.305 e. The fraction of sp³-hybridized carbons (Fsp3) is 0.408. The molecular formula is C49H34O2S. The lowest BCUT2D eigenvalue weighted by molar-refractivity contribution is -0.140. The van der Waals surface area contributed by atoms with Gasteiger partial charge in [0, 0.05) is 51.7 Å².